The minimum Gasteiger partial charge on any atom is -0.338 e. The van der Waals surface area contributed by atoms with E-state index in [0.717, 1.165) is 31.4 Å². The first-order chi connectivity index (χ1) is 10.4. The second-order valence-electron chi connectivity index (χ2n) is 6.43. The van der Waals surface area contributed by atoms with Crippen LogP contribution in [0, 0.1) is 5.92 Å². The highest BCUT2D eigenvalue weighted by atomic mass is 32.2. The minimum absolute atomic E-state index is 0.0306. The summed E-state index contributed by atoms with van der Waals surface area (Å²) in [4.78, 5) is 14.4. The Kier molecular flexibility index (Phi) is 4.23. The van der Waals surface area contributed by atoms with Crippen LogP contribution in [-0.2, 0) is 21.2 Å². The van der Waals surface area contributed by atoms with Crippen molar-refractivity contribution in [1.29, 1.82) is 0 Å². The number of fused-ring (bicyclic) bond motifs is 2. The molecule has 0 spiro atoms. The van der Waals surface area contributed by atoms with Crippen LogP contribution in [0.4, 0.5) is 0 Å². The van der Waals surface area contributed by atoms with Crippen LogP contribution in [0.5, 0.6) is 0 Å². The summed E-state index contributed by atoms with van der Waals surface area (Å²) in [6.45, 7) is 0.778. The van der Waals surface area contributed by atoms with Crippen molar-refractivity contribution in [3.05, 3.63) is 35.9 Å². The van der Waals surface area contributed by atoms with Crippen LogP contribution in [0.25, 0.3) is 0 Å². The van der Waals surface area contributed by atoms with E-state index in [1.807, 2.05) is 35.2 Å². The first-order valence-electron chi connectivity index (χ1n) is 7.73. The zero-order valence-corrected chi connectivity index (χ0v) is 13.6. The minimum atomic E-state index is -3.22. The van der Waals surface area contributed by atoms with Crippen molar-refractivity contribution in [3.63, 3.8) is 0 Å². The number of aryl methyl sites for hydroxylation is 1. The van der Waals surface area contributed by atoms with Gasteiger partial charge in [-0.2, -0.15) is 0 Å². The molecule has 1 saturated carbocycles. The van der Waals surface area contributed by atoms with E-state index in [2.05, 4.69) is 4.72 Å². The Morgan fingerprint density at radius 1 is 1.27 bits per heavy atom. The van der Waals surface area contributed by atoms with E-state index < -0.39 is 10.0 Å². The molecule has 6 heteroatoms. The second kappa shape index (κ2) is 6.01. The van der Waals surface area contributed by atoms with Gasteiger partial charge in [-0.15, -0.1) is 0 Å². The topological polar surface area (TPSA) is 66.5 Å². The first-order valence-corrected chi connectivity index (χ1v) is 9.62. The Labute approximate surface area is 131 Å². The van der Waals surface area contributed by atoms with E-state index in [-0.39, 0.29) is 18.0 Å². The number of amides is 1. The summed E-state index contributed by atoms with van der Waals surface area (Å²) in [5, 5.41) is 0. The van der Waals surface area contributed by atoms with E-state index in [4.69, 9.17) is 0 Å². The van der Waals surface area contributed by atoms with Crippen molar-refractivity contribution in [1.82, 2.24) is 9.62 Å². The fraction of sp³-hybridized carbons (Fsp3) is 0.562. The SMILES string of the molecule is CS(=O)(=O)N[C@H]1C[C@@H]2C[C@H]1N(C(=O)CCc1ccccc1)C2. The molecule has 3 rings (SSSR count). The summed E-state index contributed by atoms with van der Waals surface area (Å²) < 4.78 is 25.6. The molecule has 1 amide bonds. The lowest BCUT2D eigenvalue weighted by molar-refractivity contribution is -0.133. The summed E-state index contributed by atoms with van der Waals surface area (Å²) in [6, 6.07) is 9.88. The smallest absolute Gasteiger partial charge is 0.223 e. The van der Waals surface area contributed by atoms with Gasteiger partial charge in [-0.05, 0) is 30.7 Å². The maximum atomic E-state index is 12.5. The molecule has 1 N–H and O–H groups in total. The zero-order valence-electron chi connectivity index (χ0n) is 12.7. The number of likely N-dealkylation sites (tertiary alicyclic amines) is 1. The molecule has 1 saturated heterocycles. The largest absolute Gasteiger partial charge is 0.338 e. The highest BCUT2D eigenvalue weighted by Crippen LogP contribution is 2.38. The van der Waals surface area contributed by atoms with Crippen molar-refractivity contribution >= 4 is 15.9 Å². The molecule has 120 valence electrons. The maximum Gasteiger partial charge on any atom is 0.223 e. The Morgan fingerprint density at radius 3 is 2.64 bits per heavy atom. The Hall–Kier alpha value is -1.40. The molecule has 2 fully saturated rings. The van der Waals surface area contributed by atoms with Crippen molar-refractivity contribution < 1.29 is 13.2 Å². The normalized spacial score (nSPS) is 27.3. The number of nitrogens with zero attached hydrogens (tertiary/aromatic N) is 1. The van der Waals surface area contributed by atoms with Crippen LogP contribution < -0.4 is 4.72 Å². The van der Waals surface area contributed by atoms with Crippen LogP contribution in [0.3, 0.4) is 0 Å². The molecule has 1 aliphatic carbocycles. The highest BCUT2D eigenvalue weighted by Gasteiger charge is 2.47. The average molecular weight is 322 g/mol. The highest BCUT2D eigenvalue weighted by molar-refractivity contribution is 7.88. The fourth-order valence-electron chi connectivity index (χ4n) is 3.75. The monoisotopic (exact) mass is 322 g/mol. The fourth-order valence-corrected chi connectivity index (χ4v) is 4.56. The third-order valence-electron chi connectivity index (χ3n) is 4.64. The number of carbonyl (C=O) groups excluding carboxylic acids is 1. The van der Waals surface area contributed by atoms with Crippen molar-refractivity contribution in [3.8, 4) is 0 Å². The quantitative estimate of drug-likeness (QED) is 0.884. The van der Waals surface area contributed by atoms with Gasteiger partial charge in [0.25, 0.3) is 0 Å². The number of hydrogen-bond donors (Lipinski definition) is 1. The number of rotatable bonds is 5. The number of sulfonamides is 1. The van der Waals surface area contributed by atoms with Crippen LogP contribution in [0.15, 0.2) is 30.3 Å². The van der Waals surface area contributed by atoms with Gasteiger partial charge in [0.2, 0.25) is 15.9 Å². The lowest BCUT2D eigenvalue weighted by atomic mass is 10.0. The summed E-state index contributed by atoms with van der Waals surface area (Å²) in [6.07, 6.45) is 4.17. The van der Waals surface area contributed by atoms with E-state index in [9.17, 15) is 13.2 Å². The summed E-state index contributed by atoms with van der Waals surface area (Å²) >= 11 is 0. The summed E-state index contributed by atoms with van der Waals surface area (Å²) in [7, 11) is -3.22. The number of piperidine rings is 1. The van der Waals surface area contributed by atoms with Crippen LogP contribution in [0.1, 0.15) is 24.8 Å². The van der Waals surface area contributed by atoms with Gasteiger partial charge in [0, 0.05) is 25.0 Å². The van der Waals surface area contributed by atoms with Crippen molar-refractivity contribution in [2.45, 2.75) is 37.8 Å². The molecule has 5 nitrogen and oxygen atoms in total. The van der Waals surface area contributed by atoms with Gasteiger partial charge < -0.3 is 4.90 Å². The lowest BCUT2D eigenvalue weighted by Gasteiger charge is -2.33. The van der Waals surface area contributed by atoms with Gasteiger partial charge >= 0.3 is 0 Å². The average Bonchev–Trinajstić information content (AvgIpc) is 3.04. The molecule has 1 aromatic carbocycles. The molecule has 1 heterocycles. The molecular formula is C16H22N2O3S. The molecule has 2 aliphatic rings. The van der Waals surface area contributed by atoms with E-state index >= 15 is 0 Å². The van der Waals surface area contributed by atoms with Gasteiger partial charge in [0.05, 0.1) is 6.26 Å². The standard InChI is InChI=1S/C16H22N2O3S/c1-22(20,21)17-14-9-13-10-15(14)18(11-13)16(19)8-7-12-5-3-2-4-6-12/h2-6,13-15,17H,7-11H2,1H3/t13-,14+,15-/m1/s1. The van der Waals surface area contributed by atoms with Gasteiger partial charge in [0.15, 0.2) is 0 Å². The first kappa shape index (κ1) is 15.5. The molecule has 3 atom stereocenters. The molecule has 2 bridgehead atoms. The molecule has 1 aromatic rings. The van der Waals surface area contributed by atoms with Gasteiger partial charge in [-0.25, -0.2) is 13.1 Å². The Morgan fingerprint density at radius 2 is 2.00 bits per heavy atom. The van der Waals surface area contributed by atoms with Crippen LogP contribution in [-0.4, -0.2) is 44.1 Å². The zero-order chi connectivity index (χ0) is 15.7. The second-order valence-corrected chi connectivity index (χ2v) is 8.21. The number of hydrogen-bond acceptors (Lipinski definition) is 3. The predicted molar refractivity (Wildman–Crippen MR) is 84.8 cm³/mol. The molecule has 0 radical (unpaired) electrons. The number of carbonyl (C=O) groups is 1. The molecular weight excluding hydrogens is 300 g/mol. The third-order valence-corrected chi connectivity index (χ3v) is 5.37. The maximum absolute atomic E-state index is 12.5. The van der Waals surface area contributed by atoms with Crippen LogP contribution in [0.2, 0.25) is 0 Å². The number of nitrogens with one attached hydrogen (secondary N) is 1. The van der Waals surface area contributed by atoms with Gasteiger partial charge in [-0.3, -0.25) is 4.79 Å². The van der Waals surface area contributed by atoms with E-state index in [1.165, 1.54) is 6.26 Å². The van der Waals surface area contributed by atoms with Gasteiger partial charge in [0.1, 0.15) is 0 Å². The van der Waals surface area contributed by atoms with Crippen LogP contribution >= 0.6 is 0 Å². The Balaban J connectivity index is 1.59. The Bertz CT molecular complexity index is 645. The number of benzene rings is 1. The lowest BCUT2D eigenvalue weighted by Crippen LogP contribution is -2.51. The summed E-state index contributed by atoms with van der Waals surface area (Å²) in [5.74, 6) is 0.571. The predicted octanol–water partition coefficient (Wildman–Crippen LogP) is 1.16. The molecule has 1 aliphatic heterocycles. The van der Waals surface area contributed by atoms with Crippen molar-refractivity contribution in [2.75, 3.05) is 12.8 Å². The third kappa shape index (κ3) is 3.50. The molecule has 22 heavy (non-hydrogen) atoms. The molecule has 0 unspecified atom stereocenters. The van der Waals surface area contributed by atoms with E-state index in [1.54, 1.807) is 0 Å². The van der Waals surface area contributed by atoms with Gasteiger partial charge in [-0.1, -0.05) is 30.3 Å². The van der Waals surface area contributed by atoms with E-state index in [0.29, 0.717) is 12.3 Å². The van der Waals surface area contributed by atoms with Crippen molar-refractivity contribution in [2.24, 2.45) is 5.92 Å². The summed E-state index contributed by atoms with van der Waals surface area (Å²) in [5.41, 5.74) is 1.16. The molecule has 0 aromatic heterocycles.